The normalized spacial score (nSPS) is 10.9. The van der Waals surface area contributed by atoms with Gasteiger partial charge in [0.1, 0.15) is 5.82 Å². The summed E-state index contributed by atoms with van der Waals surface area (Å²) in [6.45, 7) is 0. The molecule has 29 heavy (non-hydrogen) atoms. The third kappa shape index (κ3) is 3.02. The minimum atomic E-state index is 0.544. The minimum absolute atomic E-state index is 0.544. The second-order valence-electron chi connectivity index (χ2n) is 6.39. The molecule has 2 aromatic carbocycles. The Labute approximate surface area is 168 Å². The van der Waals surface area contributed by atoms with Crippen molar-refractivity contribution in [2.75, 3.05) is 40.9 Å². The summed E-state index contributed by atoms with van der Waals surface area (Å²) in [6.07, 6.45) is 0. The van der Waals surface area contributed by atoms with Crippen LogP contribution in [0.25, 0.3) is 22.0 Å². The van der Waals surface area contributed by atoms with Crippen molar-refractivity contribution in [1.29, 1.82) is 0 Å². The van der Waals surface area contributed by atoms with Gasteiger partial charge in [-0.25, -0.2) is 0 Å². The molecule has 152 valence electrons. The Morgan fingerprint density at radius 2 is 1.28 bits per heavy atom. The van der Waals surface area contributed by atoms with Crippen LogP contribution in [0.15, 0.2) is 30.3 Å². The molecule has 0 bridgehead atoms. The molecule has 3 N–H and O–H groups in total. The molecule has 8 nitrogen and oxygen atoms in total. The molecule has 1 aliphatic carbocycles. The van der Waals surface area contributed by atoms with E-state index in [9.17, 15) is 0 Å². The van der Waals surface area contributed by atoms with E-state index in [1.165, 1.54) is 0 Å². The summed E-state index contributed by atoms with van der Waals surface area (Å²) < 4.78 is 27.1. The predicted molar refractivity (Wildman–Crippen MR) is 112 cm³/mol. The molecule has 0 saturated heterocycles. The molecule has 0 saturated carbocycles. The van der Waals surface area contributed by atoms with E-state index in [-0.39, 0.29) is 0 Å². The zero-order valence-corrected chi connectivity index (χ0v) is 16.9. The van der Waals surface area contributed by atoms with Crippen molar-refractivity contribution in [2.45, 2.75) is 0 Å². The van der Waals surface area contributed by atoms with Gasteiger partial charge in [0.2, 0.25) is 5.75 Å². The van der Waals surface area contributed by atoms with Gasteiger partial charge in [0.25, 0.3) is 0 Å². The SMILES string of the molecule is COc1cc2cc3c(Nc4cc(OC)c(OC)c(OC)c4)[nH][nH]c-3c2cc1OC. The predicted octanol–water partition coefficient (Wildman–Crippen LogP) is 4.39. The van der Waals surface area contributed by atoms with Crippen molar-refractivity contribution in [3.8, 4) is 40.0 Å². The lowest BCUT2D eigenvalue weighted by Gasteiger charge is -2.14. The van der Waals surface area contributed by atoms with Crippen molar-refractivity contribution in [2.24, 2.45) is 0 Å². The molecular weight excluding hydrogens is 374 g/mol. The number of anilines is 2. The lowest BCUT2D eigenvalue weighted by molar-refractivity contribution is 0.324. The Balaban J connectivity index is 1.76. The van der Waals surface area contributed by atoms with Crippen molar-refractivity contribution < 1.29 is 23.7 Å². The van der Waals surface area contributed by atoms with Crippen molar-refractivity contribution in [3.05, 3.63) is 30.3 Å². The Bertz CT molecular complexity index is 1110. The van der Waals surface area contributed by atoms with Gasteiger partial charge in [0.15, 0.2) is 23.0 Å². The molecule has 0 fully saturated rings. The first-order chi connectivity index (χ1) is 14.1. The molecule has 8 heteroatoms. The highest BCUT2D eigenvalue weighted by molar-refractivity contribution is 6.05. The highest BCUT2D eigenvalue weighted by Crippen LogP contribution is 2.44. The fourth-order valence-electron chi connectivity index (χ4n) is 3.52. The zero-order valence-electron chi connectivity index (χ0n) is 16.9. The first-order valence-electron chi connectivity index (χ1n) is 8.95. The van der Waals surface area contributed by atoms with E-state index in [0.29, 0.717) is 28.7 Å². The zero-order chi connectivity index (χ0) is 20.5. The monoisotopic (exact) mass is 397 g/mol. The van der Waals surface area contributed by atoms with Gasteiger partial charge in [0, 0.05) is 28.8 Å². The van der Waals surface area contributed by atoms with Gasteiger partial charge in [-0.05, 0) is 23.6 Å². The summed E-state index contributed by atoms with van der Waals surface area (Å²) in [5.74, 6) is 3.87. The van der Waals surface area contributed by atoms with Crippen LogP contribution in [0, 0.1) is 0 Å². The van der Waals surface area contributed by atoms with E-state index in [0.717, 1.165) is 33.5 Å². The summed E-state index contributed by atoms with van der Waals surface area (Å²) in [4.78, 5) is 0. The largest absolute Gasteiger partial charge is 0.493 e. The average molecular weight is 397 g/mol. The standard InChI is InChI=1S/C21H23N3O5/c1-25-15-7-11-6-14-19(13(11)10-16(15)26-2)23-24-21(14)22-12-8-17(27-3)20(29-5)18(9-12)28-4/h6-10,22-24H,1-5H3. The molecule has 4 rings (SSSR count). The second-order valence-corrected chi connectivity index (χ2v) is 6.39. The maximum Gasteiger partial charge on any atom is 0.203 e. The number of benzene rings is 2. The molecule has 1 aliphatic heterocycles. The molecule has 0 amide bonds. The Morgan fingerprint density at radius 3 is 1.86 bits per heavy atom. The smallest absolute Gasteiger partial charge is 0.203 e. The maximum absolute atomic E-state index is 5.43. The average Bonchev–Trinajstić information content (AvgIpc) is 3.30. The van der Waals surface area contributed by atoms with Crippen LogP contribution in [0.3, 0.4) is 0 Å². The van der Waals surface area contributed by atoms with Crippen LogP contribution in [0.1, 0.15) is 0 Å². The van der Waals surface area contributed by atoms with Crippen LogP contribution in [0.2, 0.25) is 0 Å². The molecule has 0 radical (unpaired) electrons. The van der Waals surface area contributed by atoms with Gasteiger partial charge >= 0.3 is 0 Å². The van der Waals surface area contributed by atoms with Crippen LogP contribution in [0.5, 0.6) is 28.7 Å². The highest BCUT2D eigenvalue weighted by atomic mass is 16.5. The Morgan fingerprint density at radius 1 is 0.655 bits per heavy atom. The number of hydrogen-bond donors (Lipinski definition) is 3. The molecule has 0 atom stereocenters. The van der Waals surface area contributed by atoms with E-state index < -0.39 is 0 Å². The number of ether oxygens (including phenoxy) is 5. The molecule has 1 heterocycles. The lowest BCUT2D eigenvalue weighted by atomic mass is 10.2. The number of H-pyrrole nitrogens is 2. The number of aromatic nitrogens is 2. The van der Waals surface area contributed by atoms with E-state index >= 15 is 0 Å². The highest BCUT2D eigenvalue weighted by Gasteiger charge is 2.20. The molecule has 0 unspecified atom stereocenters. The third-order valence-electron chi connectivity index (χ3n) is 4.91. The van der Waals surface area contributed by atoms with Gasteiger partial charge in [-0.1, -0.05) is 0 Å². The number of methoxy groups -OCH3 is 5. The number of hydrogen-bond acceptors (Lipinski definition) is 6. The number of fused-ring (bicyclic) bond motifs is 3. The lowest BCUT2D eigenvalue weighted by Crippen LogP contribution is -1.98. The van der Waals surface area contributed by atoms with Crippen LogP contribution in [-0.4, -0.2) is 45.7 Å². The van der Waals surface area contributed by atoms with E-state index in [1.54, 1.807) is 35.5 Å². The van der Waals surface area contributed by atoms with Crippen LogP contribution >= 0.6 is 0 Å². The Kier molecular flexibility index (Phi) is 4.75. The fourth-order valence-corrected chi connectivity index (χ4v) is 3.52. The van der Waals surface area contributed by atoms with Gasteiger partial charge in [0.05, 0.1) is 41.2 Å². The first-order valence-corrected chi connectivity index (χ1v) is 8.95. The van der Waals surface area contributed by atoms with Crippen molar-refractivity contribution in [3.63, 3.8) is 0 Å². The molecule has 2 aliphatic rings. The topological polar surface area (TPSA) is 89.8 Å². The number of nitrogens with one attached hydrogen (secondary N) is 3. The maximum atomic E-state index is 5.43. The first kappa shape index (κ1) is 18.7. The summed E-state index contributed by atoms with van der Waals surface area (Å²) in [6, 6.07) is 9.71. The summed E-state index contributed by atoms with van der Waals surface area (Å²) in [5.41, 5.74) is 2.76. The van der Waals surface area contributed by atoms with Gasteiger partial charge in [-0.3, -0.25) is 10.2 Å². The van der Waals surface area contributed by atoms with Gasteiger partial charge in [-0.15, -0.1) is 0 Å². The van der Waals surface area contributed by atoms with E-state index in [1.807, 2.05) is 24.3 Å². The van der Waals surface area contributed by atoms with E-state index in [4.69, 9.17) is 23.7 Å². The minimum Gasteiger partial charge on any atom is -0.493 e. The molecule has 2 aromatic rings. The molecule has 0 spiro atoms. The van der Waals surface area contributed by atoms with E-state index in [2.05, 4.69) is 21.6 Å². The van der Waals surface area contributed by atoms with Crippen LogP contribution in [-0.2, 0) is 0 Å². The number of aromatic amines is 2. The Hall–Kier alpha value is -3.68. The van der Waals surface area contributed by atoms with Crippen LogP contribution < -0.4 is 29.0 Å². The second kappa shape index (κ2) is 7.38. The third-order valence-corrected chi connectivity index (χ3v) is 4.91. The molecule has 0 aromatic heterocycles. The summed E-state index contributed by atoms with van der Waals surface area (Å²) in [7, 11) is 8.01. The van der Waals surface area contributed by atoms with Crippen LogP contribution in [0.4, 0.5) is 11.5 Å². The fraction of sp³-hybridized carbons (Fsp3) is 0.238. The molecular formula is C21H23N3O5. The van der Waals surface area contributed by atoms with Crippen molar-refractivity contribution >= 4 is 22.3 Å². The van der Waals surface area contributed by atoms with Gasteiger partial charge < -0.3 is 29.0 Å². The van der Waals surface area contributed by atoms with Gasteiger partial charge in [-0.2, -0.15) is 0 Å². The number of rotatable bonds is 7. The summed E-state index contributed by atoms with van der Waals surface area (Å²) >= 11 is 0. The summed E-state index contributed by atoms with van der Waals surface area (Å²) in [5, 5.41) is 11.9. The quantitative estimate of drug-likeness (QED) is 0.429. The van der Waals surface area contributed by atoms with Crippen molar-refractivity contribution in [1.82, 2.24) is 10.2 Å².